The maximum Gasteiger partial charge on any atom is 0.203 e. The predicted octanol–water partition coefficient (Wildman–Crippen LogP) is 1.84. The molecular formula is C17H20N8S. The lowest BCUT2D eigenvalue weighted by atomic mass is 10.2. The molecule has 8 nitrogen and oxygen atoms in total. The van der Waals surface area contributed by atoms with Gasteiger partial charge in [0.1, 0.15) is 12.1 Å². The molecule has 0 N–H and O–H groups in total. The number of rotatable bonds is 4. The molecule has 1 aliphatic carbocycles. The number of hydrogen-bond donors (Lipinski definition) is 0. The summed E-state index contributed by atoms with van der Waals surface area (Å²) in [5, 5.41) is 9.07. The highest BCUT2D eigenvalue weighted by molar-refractivity contribution is 7.98. The number of anilines is 2. The zero-order chi connectivity index (χ0) is 17.5. The van der Waals surface area contributed by atoms with E-state index in [2.05, 4.69) is 36.0 Å². The molecular weight excluding hydrogens is 348 g/mol. The average molecular weight is 368 g/mol. The van der Waals surface area contributed by atoms with Crippen LogP contribution in [-0.2, 0) is 0 Å². The third kappa shape index (κ3) is 2.86. The highest BCUT2D eigenvalue weighted by Crippen LogP contribution is 2.40. The molecule has 0 atom stereocenters. The van der Waals surface area contributed by atoms with Crippen LogP contribution in [0.15, 0.2) is 29.9 Å². The Balaban J connectivity index is 1.36. The standard InChI is InChI=1S/C17H20N8S/c1-26-17-20-13(12-2-3-12)10-14(21-17)23-6-8-24(9-7-23)15-16-22-19-11-25(16)5-4-18-15/h4-5,10-12H,2-3,6-9H2,1H3. The van der Waals surface area contributed by atoms with E-state index >= 15 is 0 Å². The maximum absolute atomic E-state index is 4.74. The van der Waals surface area contributed by atoms with Gasteiger partial charge in [-0.25, -0.2) is 15.0 Å². The molecule has 0 aromatic carbocycles. The van der Waals surface area contributed by atoms with Gasteiger partial charge in [-0.2, -0.15) is 0 Å². The predicted molar refractivity (Wildman–Crippen MR) is 101 cm³/mol. The first-order chi connectivity index (χ1) is 12.8. The summed E-state index contributed by atoms with van der Waals surface area (Å²) in [5.74, 6) is 2.59. The van der Waals surface area contributed by atoms with Crippen LogP contribution in [-0.4, -0.2) is 62.0 Å². The van der Waals surface area contributed by atoms with Gasteiger partial charge in [0.25, 0.3) is 0 Å². The second-order valence-electron chi connectivity index (χ2n) is 6.70. The Bertz CT molecular complexity index is 929. The molecule has 0 amide bonds. The summed E-state index contributed by atoms with van der Waals surface area (Å²) >= 11 is 1.62. The zero-order valence-electron chi connectivity index (χ0n) is 14.6. The summed E-state index contributed by atoms with van der Waals surface area (Å²) in [4.78, 5) is 18.6. The first-order valence-electron chi connectivity index (χ1n) is 8.89. The number of nitrogens with zero attached hydrogens (tertiary/aromatic N) is 8. The van der Waals surface area contributed by atoms with E-state index in [4.69, 9.17) is 4.98 Å². The van der Waals surface area contributed by atoms with Crippen LogP contribution in [0.3, 0.4) is 0 Å². The zero-order valence-corrected chi connectivity index (χ0v) is 15.4. The quantitative estimate of drug-likeness (QED) is 0.510. The lowest BCUT2D eigenvalue weighted by Crippen LogP contribution is -2.47. The Morgan fingerprint density at radius 3 is 2.65 bits per heavy atom. The molecule has 0 radical (unpaired) electrons. The van der Waals surface area contributed by atoms with E-state index in [1.807, 2.05) is 16.9 Å². The van der Waals surface area contributed by atoms with E-state index in [1.54, 1.807) is 24.3 Å². The molecule has 1 saturated carbocycles. The Kier molecular flexibility index (Phi) is 3.88. The number of hydrogen-bond acceptors (Lipinski definition) is 8. The van der Waals surface area contributed by atoms with E-state index in [-0.39, 0.29) is 0 Å². The van der Waals surface area contributed by atoms with Gasteiger partial charge in [-0.3, -0.25) is 4.40 Å². The van der Waals surface area contributed by atoms with E-state index < -0.39 is 0 Å². The van der Waals surface area contributed by atoms with Crippen LogP contribution in [0.25, 0.3) is 5.65 Å². The summed E-state index contributed by atoms with van der Waals surface area (Å²) in [5.41, 5.74) is 2.01. The fourth-order valence-corrected chi connectivity index (χ4v) is 3.77. The van der Waals surface area contributed by atoms with Gasteiger partial charge in [-0.15, -0.1) is 10.2 Å². The van der Waals surface area contributed by atoms with Gasteiger partial charge in [-0.05, 0) is 19.1 Å². The van der Waals surface area contributed by atoms with E-state index in [0.717, 1.165) is 48.6 Å². The van der Waals surface area contributed by atoms with E-state index in [0.29, 0.717) is 5.92 Å². The number of fused-ring (bicyclic) bond motifs is 1. The van der Waals surface area contributed by atoms with Crippen molar-refractivity contribution in [2.75, 3.05) is 42.2 Å². The minimum absolute atomic E-state index is 0.638. The van der Waals surface area contributed by atoms with Gasteiger partial charge in [0, 0.05) is 50.6 Å². The van der Waals surface area contributed by atoms with Gasteiger partial charge in [0.15, 0.2) is 11.0 Å². The highest BCUT2D eigenvalue weighted by atomic mass is 32.2. The molecule has 0 unspecified atom stereocenters. The second kappa shape index (κ2) is 6.39. The molecule has 0 bridgehead atoms. The Hall–Kier alpha value is -2.42. The molecule has 1 saturated heterocycles. The molecule has 3 aromatic heterocycles. The summed E-state index contributed by atoms with van der Waals surface area (Å²) in [6.07, 6.45) is 9.94. The topological polar surface area (TPSA) is 75.3 Å². The summed E-state index contributed by atoms with van der Waals surface area (Å²) in [7, 11) is 0. The fourth-order valence-electron chi connectivity index (χ4n) is 3.39. The van der Waals surface area contributed by atoms with Crippen LogP contribution < -0.4 is 9.80 Å². The van der Waals surface area contributed by atoms with Gasteiger partial charge in [-0.1, -0.05) is 11.8 Å². The van der Waals surface area contributed by atoms with Crippen molar-refractivity contribution in [1.29, 1.82) is 0 Å². The van der Waals surface area contributed by atoms with Gasteiger partial charge < -0.3 is 9.80 Å². The van der Waals surface area contributed by atoms with Crippen molar-refractivity contribution in [2.45, 2.75) is 23.9 Å². The molecule has 9 heteroatoms. The number of piperazine rings is 1. The second-order valence-corrected chi connectivity index (χ2v) is 7.47. The third-order valence-corrected chi connectivity index (χ3v) is 5.54. The van der Waals surface area contributed by atoms with Crippen molar-refractivity contribution in [2.24, 2.45) is 0 Å². The van der Waals surface area contributed by atoms with Crippen molar-refractivity contribution in [3.05, 3.63) is 30.5 Å². The van der Waals surface area contributed by atoms with E-state index in [9.17, 15) is 0 Å². The molecule has 0 spiro atoms. The minimum atomic E-state index is 0.638. The molecule has 5 rings (SSSR count). The molecule has 3 aromatic rings. The summed E-state index contributed by atoms with van der Waals surface area (Å²) in [6.45, 7) is 3.59. The van der Waals surface area contributed by atoms with Crippen molar-refractivity contribution in [3.63, 3.8) is 0 Å². The van der Waals surface area contributed by atoms with E-state index in [1.165, 1.54) is 18.5 Å². The monoisotopic (exact) mass is 368 g/mol. The van der Waals surface area contributed by atoms with Crippen molar-refractivity contribution < 1.29 is 0 Å². The first kappa shape index (κ1) is 15.8. The van der Waals surface area contributed by atoms with Crippen molar-refractivity contribution in [3.8, 4) is 0 Å². The van der Waals surface area contributed by atoms with Crippen LogP contribution in [0.4, 0.5) is 11.6 Å². The minimum Gasteiger partial charge on any atom is -0.353 e. The molecule has 26 heavy (non-hydrogen) atoms. The number of aromatic nitrogens is 6. The van der Waals surface area contributed by atoms with Crippen molar-refractivity contribution in [1.82, 2.24) is 29.5 Å². The molecule has 1 aliphatic heterocycles. The van der Waals surface area contributed by atoms with Crippen LogP contribution in [0.5, 0.6) is 0 Å². The van der Waals surface area contributed by atoms with Gasteiger partial charge >= 0.3 is 0 Å². The maximum atomic E-state index is 4.74. The summed E-state index contributed by atoms with van der Waals surface area (Å²) in [6, 6.07) is 2.19. The molecule has 4 heterocycles. The number of thioether (sulfide) groups is 1. The Labute approximate surface area is 155 Å². The molecule has 2 fully saturated rings. The Morgan fingerprint density at radius 2 is 1.88 bits per heavy atom. The highest BCUT2D eigenvalue weighted by Gasteiger charge is 2.28. The van der Waals surface area contributed by atoms with Crippen LogP contribution in [0.1, 0.15) is 24.5 Å². The van der Waals surface area contributed by atoms with Crippen molar-refractivity contribution >= 4 is 29.0 Å². The lowest BCUT2D eigenvalue weighted by Gasteiger charge is -2.36. The van der Waals surface area contributed by atoms with Crippen LogP contribution >= 0.6 is 11.8 Å². The van der Waals surface area contributed by atoms with Gasteiger partial charge in [0.2, 0.25) is 5.65 Å². The SMILES string of the molecule is CSc1nc(C2CC2)cc(N2CCN(c3nccn4cnnc34)CC2)n1. The normalized spacial score (nSPS) is 17.9. The summed E-state index contributed by atoms with van der Waals surface area (Å²) < 4.78 is 1.91. The van der Waals surface area contributed by atoms with Crippen LogP contribution in [0, 0.1) is 0 Å². The third-order valence-electron chi connectivity index (χ3n) is 4.99. The Morgan fingerprint density at radius 1 is 1.08 bits per heavy atom. The fraction of sp³-hybridized carbons (Fsp3) is 0.471. The average Bonchev–Trinajstić information content (AvgIpc) is 3.44. The molecule has 2 aliphatic rings. The smallest absolute Gasteiger partial charge is 0.203 e. The largest absolute Gasteiger partial charge is 0.353 e. The first-order valence-corrected chi connectivity index (χ1v) is 10.1. The lowest BCUT2D eigenvalue weighted by molar-refractivity contribution is 0.636. The van der Waals surface area contributed by atoms with Crippen LogP contribution in [0.2, 0.25) is 0 Å². The molecule has 134 valence electrons. The van der Waals surface area contributed by atoms with Gasteiger partial charge in [0.05, 0.1) is 5.69 Å².